The zero-order valence-corrected chi connectivity index (χ0v) is 12.8. The van der Waals surface area contributed by atoms with Crippen molar-refractivity contribution in [3.63, 3.8) is 0 Å². The molecule has 1 aliphatic rings. The Bertz CT molecular complexity index is 744. The first-order valence-electron chi connectivity index (χ1n) is 7.33. The van der Waals surface area contributed by atoms with Gasteiger partial charge in [-0.05, 0) is 11.6 Å². The Labute approximate surface area is 135 Å². The fraction of sp³-hybridized carbons (Fsp3) is 0.400. The molecule has 2 heterocycles. The molecule has 1 aliphatic heterocycles. The first-order valence-corrected chi connectivity index (χ1v) is 7.33. The molecule has 2 aromatic rings. The van der Waals surface area contributed by atoms with E-state index in [4.69, 9.17) is 4.52 Å². The zero-order chi connectivity index (χ0) is 17.3. The first kappa shape index (κ1) is 16.4. The van der Waals surface area contributed by atoms with Crippen LogP contribution in [0.3, 0.4) is 0 Å². The molecule has 1 fully saturated rings. The summed E-state index contributed by atoms with van der Waals surface area (Å²) in [4.78, 5) is 18.0. The predicted octanol–water partition coefficient (Wildman–Crippen LogP) is 2.07. The second-order valence-electron chi connectivity index (χ2n) is 5.48. The highest BCUT2D eigenvalue weighted by Gasteiger charge is 2.40. The number of aromatic nitrogens is 2. The highest BCUT2D eigenvalue weighted by Crippen LogP contribution is 2.37. The molecule has 1 aromatic carbocycles. The SMILES string of the molecule is Cc1nc(CN2CCNC(=O)[C@H]2c2ccccc2C(F)(F)F)no1. The van der Waals surface area contributed by atoms with Gasteiger partial charge in [-0.1, -0.05) is 23.4 Å². The lowest BCUT2D eigenvalue weighted by atomic mass is 9.96. The van der Waals surface area contributed by atoms with E-state index in [-0.39, 0.29) is 12.1 Å². The van der Waals surface area contributed by atoms with Crippen LogP contribution in [-0.4, -0.2) is 34.0 Å². The molecule has 0 spiro atoms. The van der Waals surface area contributed by atoms with Crippen molar-refractivity contribution in [1.82, 2.24) is 20.4 Å². The van der Waals surface area contributed by atoms with Gasteiger partial charge >= 0.3 is 6.18 Å². The van der Waals surface area contributed by atoms with Gasteiger partial charge in [-0.15, -0.1) is 0 Å². The number of nitrogens with zero attached hydrogens (tertiary/aromatic N) is 3. The quantitative estimate of drug-likeness (QED) is 0.926. The average molecular weight is 340 g/mol. The molecule has 6 nitrogen and oxygen atoms in total. The number of amides is 1. The molecule has 0 saturated carbocycles. The van der Waals surface area contributed by atoms with Crippen LogP contribution in [0, 0.1) is 6.92 Å². The third-order valence-electron chi connectivity index (χ3n) is 3.79. The monoisotopic (exact) mass is 340 g/mol. The summed E-state index contributed by atoms with van der Waals surface area (Å²) in [7, 11) is 0. The lowest BCUT2D eigenvalue weighted by molar-refractivity contribution is -0.140. The van der Waals surface area contributed by atoms with Crippen LogP contribution in [0.25, 0.3) is 0 Å². The Morgan fingerprint density at radius 3 is 2.79 bits per heavy atom. The van der Waals surface area contributed by atoms with Gasteiger partial charge in [0.15, 0.2) is 5.82 Å². The number of benzene rings is 1. The minimum Gasteiger partial charge on any atom is -0.353 e. The minimum atomic E-state index is -4.54. The molecule has 24 heavy (non-hydrogen) atoms. The van der Waals surface area contributed by atoms with Crippen LogP contribution >= 0.6 is 0 Å². The number of piperazine rings is 1. The van der Waals surface area contributed by atoms with Crippen molar-refractivity contribution in [2.75, 3.05) is 13.1 Å². The van der Waals surface area contributed by atoms with Crippen LogP contribution < -0.4 is 5.32 Å². The van der Waals surface area contributed by atoms with E-state index < -0.39 is 23.7 Å². The number of nitrogens with one attached hydrogen (secondary N) is 1. The van der Waals surface area contributed by atoms with Crippen molar-refractivity contribution >= 4 is 5.91 Å². The van der Waals surface area contributed by atoms with E-state index in [1.807, 2.05) is 0 Å². The Hall–Kier alpha value is -2.42. The van der Waals surface area contributed by atoms with Crippen LogP contribution in [0.4, 0.5) is 13.2 Å². The first-order chi connectivity index (χ1) is 11.4. The fourth-order valence-electron chi connectivity index (χ4n) is 2.80. The van der Waals surface area contributed by atoms with Crippen molar-refractivity contribution in [1.29, 1.82) is 0 Å². The summed E-state index contributed by atoms with van der Waals surface area (Å²) in [6, 6.07) is 4.04. The van der Waals surface area contributed by atoms with E-state index in [2.05, 4.69) is 15.5 Å². The summed E-state index contributed by atoms with van der Waals surface area (Å²) in [6.07, 6.45) is -4.54. The summed E-state index contributed by atoms with van der Waals surface area (Å²) in [5, 5.41) is 6.37. The molecule has 1 saturated heterocycles. The van der Waals surface area contributed by atoms with Crippen LogP contribution in [0.15, 0.2) is 28.8 Å². The van der Waals surface area contributed by atoms with Gasteiger partial charge in [0.05, 0.1) is 12.1 Å². The largest absolute Gasteiger partial charge is 0.416 e. The van der Waals surface area contributed by atoms with Gasteiger partial charge in [-0.25, -0.2) is 0 Å². The highest BCUT2D eigenvalue weighted by molar-refractivity contribution is 5.84. The predicted molar refractivity (Wildman–Crippen MR) is 76.6 cm³/mol. The van der Waals surface area contributed by atoms with E-state index in [0.717, 1.165) is 6.07 Å². The third kappa shape index (κ3) is 3.25. The van der Waals surface area contributed by atoms with Gasteiger partial charge in [0.2, 0.25) is 11.8 Å². The molecule has 9 heteroatoms. The van der Waals surface area contributed by atoms with Crippen LogP contribution in [0.1, 0.15) is 28.9 Å². The number of aryl methyl sites for hydroxylation is 1. The summed E-state index contributed by atoms with van der Waals surface area (Å²) < 4.78 is 44.8. The maximum Gasteiger partial charge on any atom is 0.416 e. The lowest BCUT2D eigenvalue weighted by Crippen LogP contribution is -2.50. The number of halogens is 3. The molecule has 1 aromatic heterocycles. The van der Waals surface area contributed by atoms with Crippen LogP contribution in [-0.2, 0) is 17.5 Å². The lowest BCUT2D eigenvalue weighted by Gasteiger charge is -2.35. The van der Waals surface area contributed by atoms with E-state index >= 15 is 0 Å². The van der Waals surface area contributed by atoms with Crippen molar-refractivity contribution in [3.8, 4) is 0 Å². The maximum atomic E-state index is 13.3. The number of carbonyl (C=O) groups is 1. The highest BCUT2D eigenvalue weighted by atomic mass is 19.4. The van der Waals surface area contributed by atoms with Crippen molar-refractivity contribution in [2.24, 2.45) is 0 Å². The second kappa shape index (κ2) is 6.23. The second-order valence-corrected chi connectivity index (χ2v) is 5.48. The van der Waals surface area contributed by atoms with Gasteiger partial charge in [0.1, 0.15) is 6.04 Å². The molecular weight excluding hydrogens is 325 g/mol. The van der Waals surface area contributed by atoms with Gasteiger partial charge in [0.25, 0.3) is 0 Å². The van der Waals surface area contributed by atoms with Gasteiger partial charge in [0, 0.05) is 20.0 Å². The van der Waals surface area contributed by atoms with Crippen molar-refractivity contribution in [2.45, 2.75) is 25.7 Å². The standard InChI is InChI=1S/C15H15F3N4O2/c1-9-20-12(21-24-9)8-22-7-6-19-14(23)13(22)10-4-2-3-5-11(10)15(16,17)18/h2-5,13H,6-8H2,1H3,(H,19,23)/t13-/m1/s1. The van der Waals surface area contributed by atoms with Crippen LogP contribution in [0.2, 0.25) is 0 Å². The van der Waals surface area contributed by atoms with Gasteiger partial charge in [-0.2, -0.15) is 18.2 Å². The van der Waals surface area contributed by atoms with Gasteiger partial charge in [-0.3, -0.25) is 9.69 Å². The Kier molecular flexibility index (Phi) is 4.27. The van der Waals surface area contributed by atoms with E-state index in [0.29, 0.717) is 24.8 Å². The maximum absolute atomic E-state index is 13.3. The normalized spacial score (nSPS) is 19.3. The van der Waals surface area contributed by atoms with Crippen molar-refractivity contribution < 1.29 is 22.5 Å². The van der Waals surface area contributed by atoms with Crippen molar-refractivity contribution in [3.05, 3.63) is 47.1 Å². The molecule has 3 rings (SSSR count). The summed E-state index contributed by atoms with van der Waals surface area (Å²) in [5.74, 6) is 0.216. The van der Waals surface area contributed by atoms with E-state index in [1.165, 1.54) is 18.2 Å². The summed E-state index contributed by atoms with van der Waals surface area (Å²) in [6.45, 7) is 2.48. The number of hydrogen-bond donors (Lipinski definition) is 1. The molecule has 1 atom stereocenters. The van der Waals surface area contributed by atoms with Gasteiger partial charge < -0.3 is 9.84 Å². The summed E-state index contributed by atoms with van der Waals surface area (Å²) >= 11 is 0. The molecule has 1 amide bonds. The minimum absolute atomic E-state index is 0.0811. The molecule has 0 radical (unpaired) electrons. The van der Waals surface area contributed by atoms with E-state index in [9.17, 15) is 18.0 Å². The smallest absolute Gasteiger partial charge is 0.353 e. The Morgan fingerprint density at radius 1 is 1.38 bits per heavy atom. The Morgan fingerprint density at radius 2 is 2.12 bits per heavy atom. The molecule has 128 valence electrons. The number of hydrogen-bond acceptors (Lipinski definition) is 5. The topological polar surface area (TPSA) is 71.3 Å². The Balaban J connectivity index is 1.97. The van der Waals surface area contributed by atoms with Crippen LogP contribution in [0.5, 0.6) is 0 Å². The fourth-order valence-corrected chi connectivity index (χ4v) is 2.80. The molecule has 0 unspecified atom stereocenters. The molecule has 1 N–H and O–H groups in total. The van der Waals surface area contributed by atoms with E-state index in [1.54, 1.807) is 11.8 Å². The molecular formula is C15H15F3N4O2. The zero-order valence-electron chi connectivity index (χ0n) is 12.8. The molecule has 0 aliphatic carbocycles. The average Bonchev–Trinajstić information content (AvgIpc) is 2.92. The number of carbonyl (C=O) groups excluding carboxylic acids is 1. The third-order valence-corrected chi connectivity index (χ3v) is 3.79. The molecule has 0 bridgehead atoms. The number of alkyl halides is 3. The summed E-state index contributed by atoms with van der Waals surface area (Å²) in [5.41, 5.74) is -0.899. The number of rotatable bonds is 3.